The molecule has 2 aliphatic rings. The highest BCUT2D eigenvalue weighted by Crippen LogP contribution is 2.44. The summed E-state index contributed by atoms with van der Waals surface area (Å²) in [5, 5.41) is 0. The first-order chi connectivity index (χ1) is 8.35. The zero-order valence-corrected chi connectivity index (χ0v) is 10.1. The van der Waals surface area contributed by atoms with Gasteiger partial charge in [0, 0.05) is 18.7 Å². The van der Waals surface area contributed by atoms with Crippen LogP contribution in [0.4, 0.5) is 0 Å². The van der Waals surface area contributed by atoms with Crippen LogP contribution in [0.2, 0.25) is 0 Å². The third-order valence-corrected chi connectivity index (χ3v) is 4.18. The monoisotopic (exact) mass is 229 g/mol. The van der Waals surface area contributed by atoms with E-state index in [2.05, 4.69) is 11.0 Å². The van der Waals surface area contributed by atoms with Gasteiger partial charge in [0.15, 0.2) is 0 Å². The number of piperidine rings is 1. The Kier molecular flexibility index (Phi) is 2.98. The molecular weight excluding hydrogens is 210 g/mol. The van der Waals surface area contributed by atoms with Gasteiger partial charge >= 0.3 is 0 Å². The molecule has 1 aliphatic carbocycles. The normalized spacial score (nSPS) is 27.5. The lowest BCUT2D eigenvalue weighted by molar-refractivity contribution is 0.112. The second-order valence-corrected chi connectivity index (χ2v) is 5.46. The first-order valence-corrected chi connectivity index (χ1v) is 6.61. The maximum absolute atomic E-state index is 10.7. The lowest BCUT2D eigenvalue weighted by atomic mass is 10.1. The van der Waals surface area contributed by atoms with Crippen LogP contribution in [0, 0.1) is 11.8 Å². The number of hydrogen-bond acceptors (Lipinski definition) is 2. The molecule has 2 fully saturated rings. The van der Waals surface area contributed by atoms with Crippen molar-refractivity contribution in [3.05, 3.63) is 35.4 Å². The first-order valence-electron chi connectivity index (χ1n) is 6.61. The Morgan fingerprint density at radius 3 is 3.12 bits per heavy atom. The van der Waals surface area contributed by atoms with Gasteiger partial charge in [-0.05, 0) is 49.3 Å². The summed E-state index contributed by atoms with van der Waals surface area (Å²) in [6.45, 7) is 3.72. The molecule has 0 radical (unpaired) electrons. The number of nitrogens with zero attached hydrogens (tertiary/aromatic N) is 1. The van der Waals surface area contributed by atoms with Crippen LogP contribution in [-0.2, 0) is 6.42 Å². The van der Waals surface area contributed by atoms with Gasteiger partial charge in [-0.3, -0.25) is 4.79 Å². The topological polar surface area (TPSA) is 20.3 Å². The van der Waals surface area contributed by atoms with E-state index in [1.165, 1.54) is 31.5 Å². The maximum atomic E-state index is 10.7. The van der Waals surface area contributed by atoms with E-state index >= 15 is 0 Å². The molecule has 90 valence electrons. The number of benzene rings is 1. The molecule has 0 amide bonds. The Labute approximate surface area is 103 Å². The number of fused-ring (bicyclic) bond motifs is 1. The van der Waals surface area contributed by atoms with Gasteiger partial charge in [0.25, 0.3) is 0 Å². The van der Waals surface area contributed by atoms with E-state index in [0.29, 0.717) is 0 Å². The van der Waals surface area contributed by atoms with Crippen LogP contribution in [0.3, 0.4) is 0 Å². The molecule has 0 N–H and O–H groups in total. The molecule has 1 aliphatic heterocycles. The highest BCUT2D eigenvalue weighted by molar-refractivity contribution is 5.74. The number of rotatable bonds is 4. The highest BCUT2D eigenvalue weighted by atomic mass is 16.1. The first kappa shape index (κ1) is 11.0. The van der Waals surface area contributed by atoms with Crippen molar-refractivity contribution in [3.63, 3.8) is 0 Å². The van der Waals surface area contributed by atoms with Crippen LogP contribution in [0.5, 0.6) is 0 Å². The SMILES string of the molecule is O=Cc1cccc(CCN2CCC3CC3C2)c1. The van der Waals surface area contributed by atoms with Gasteiger partial charge in [0.2, 0.25) is 0 Å². The van der Waals surface area contributed by atoms with Crippen LogP contribution in [0.15, 0.2) is 24.3 Å². The zero-order chi connectivity index (χ0) is 11.7. The molecule has 0 bridgehead atoms. The molecule has 2 heteroatoms. The molecule has 1 aromatic rings. The Hall–Kier alpha value is -1.15. The molecule has 2 unspecified atom stereocenters. The minimum Gasteiger partial charge on any atom is -0.303 e. The Morgan fingerprint density at radius 2 is 2.29 bits per heavy atom. The van der Waals surface area contributed by atoms with Crippen molar-refractivity contribution in [3.8, 4) is 0 Å². The van der Waals surface area contributed by atoms with Gasteiger partial charge in [-0.2, -0.15) is 0 Å². The summed E-state index contributed by atoms with van der Waals surface area (Å²) in [5.41, 5.74) is 2.08. The van der Waals surface area contributed by atoms with Crippen molar-refractivity contribution < 1.29 is 4.79 Å². The highest BCUT2D eigenvalue weighted by Gasteiger charge is 2.40. The summed E-state index contributed by atoms with van der Waals surface area (Å²) < 4.78 is 0. The number of likely N-dealkylation sites (tertiary alicyclic amines) is 1. The summed E-state index contributed by atoms with van der Waals surface area (Å²) in [4.78, 5) is 13.3. The van der Waals surface area contributed by atoms with E-state index in [1.807, 2.05) is 18.2 Å². The molecular formula is C15H19NO. The molecule has 2 nitrogen and oxygen atoms in total. The van der Waals surface area contributed by atoms with Gasteiger partial charge in [0.1, 0.15) is 6.29 Å². The molecule has 1 heterocycles. The Morgan fingerprint density at radius 1 is 1.35 bits per heavy atom. The van der Waals surface area contributed by atoms with Crippen molar-refractivity contribution in [2.45, 2.75) is 19.3 Å². The second-order valence-electron chi connectivity index (χ2n) is 5.46. The largest absolute Gasteiger partial charge is 0.303 e. The smallest absolute Gasteiger partial charge is 0.150 e. The number of carbonyl (C=O) groups is 1. The average Bonchev–Trinajstić information content (AvgIpc) is 3.15. The maximum Gasteiger partial charge on any atom is 0.150 e. The lowest BCUT2D eigenvalue weighted by Gasteiger charge is -2.26. The van der Waals surface area contributed by atoms with Crippen molar-refractivity contribution in [1.82, 2.24) is 4.90 Å². The molecule has 0 aromatic heterocycles. The second kappa shape index (κ2) is 4.61. The fourth-order valence-electron chi connectivity index (χ4n) is 2.97. The number of aldehydes is 1. The lowest BCUT2D eigenvalue weighted by Crippen LogP contribution is -2.33. The fraction of sp³-hybridized carbons (Fsp3) is 0.533. The van der Waals surface area contributed by atoms with Crippen molar-refractivity contribution >= 4 is 6.29 Å². The van der Waals surface area contributed by atoms with E-state index < -0.39 is 0 Å². The van der Waals surface area contributed by atoms with Crippen LogP contribution >= 0.6 is 0 Å². The van der Waals surface area contributed by atoms with Crippen LogP contribution in [-0.4, -0.2) is 30.8 Å². The molecule has 17 heavy (non-hydrogen) atoms. The van der Waals surface area contributed by atoms with Gasteiger partial charge in [-0.15, -0.1) is 0 Å². The Bertz CT molecular complexity index is 415. The number of hydrogen-bond donors (Lipinski definition) is 0. The van der Waals surface area contributed by atoms with Crippen LogP contribution < -0.4 is 0 Å². The van der Waals surface area contributed by atoms with Crippen molar-refractivity contribution in [1.29, 1.82) is 0 Å². The molecule has 1 saturated carbocycles. The predicted molar refractivity (Wildman–Crippen MR) is 68.2 cm³/mol. The summed E-state index contributed by atoms with van der Waals surface area (Å²) in [6.07, 6.45) is 4.87. The van der Waals surface area contributed by atoms with E-state index in [9.17, 15) is 4.79 Å². The molecule has 1 aromatic carbocycles. The van der Waals surface area contributed by atoms with Gasteiger partial charge in [0.05, 0.1) is 0 Å². The van der Waals surface area contributed by atoms with Gasteiger partial charge in [-0.1, -0.05) is 18.2 Å². The third-order valence-electron chi connectivity index (χ3n) is 4.18. The minimum absolute atomic E-state index is 0.795. The van der Waals surface area contributed by atoms with E-state index in [-0.39, 0.29) is 0 Å². The van der Waals surface area contributed by atoms with Crippen molar-refractivity contribution in [2.75, 3.05) is 19.6 Å². The summed E-state index contributed by atoms with van der Waals surface area (Å²) in [5.74, 6) is 2.06. The predicted octanol–water partition coefficient (Wildman–Crippen LogP) is 2.38. The summed E-state index contributed by atoms with van der Waals surface area (Å²) >= 11 is 0. The quantitative estimate of drug-likeness (QED) is 0.739. The van der Waals surface area contributed by atoms with E-state index in [0.717, 1.165) is 36.7 Å². The molecule has 3 rings (SSSR count). The van der Waals surface area contributed by atoms with E-state index in [1.54, 1.807) is 0 Å². The summed E-state index contributed by atoms with van der Waals surface area (Å²) in [7, 11) is 0. The van der Waals surface area contributed by atoms with Crippen LogP contribution in [0.1, 0.15) is 28.8 Å². The molecule has 2 atom stereocenters. The Balaban J connectivity index is 1.54. The molecule has 0 spiro atoms. The van der Waals surface area contributed by atoms with Gasteiger partial charge < -0.3 is 4.90 Å². The zero-order valence-electron chi connectivity index (χ0n) is 10.1. The van der Waals surface area contributed by atoms with Crippen molar-refractivity contribution in [2.24, 2.45) is 11.8 Å². The fourth-order valence-corrected chi connectivity index (χ4v) is 2.97. The van der Waals surface area contributed by atoms with E-state index in [4.69, 9.17) is 0 Å². The number of carbonyl (C=O) groups excluding carboxylic acids is 1. The third kappa shape index (κ3) is 2.58. The van der Waals surface area contributed by atoms with Gasteiger partial charge in [-0.25, -0.2) is 0 Å². The standard InChI is InChI=1S/C15H19NO/c17-11-13-3-1-2-12(8-13)4-6-16-7-5-14-9-15(14)10-16/h1-3,8,11,14-15H,4-7,9-10H2. The van der Waals surface area contributed by atoms with Crippen LogP contribution in [0.25, 0.3) is 0 Å². The summed E-state index contributed by atoms with van der Waals surface area (Å²) in [6, 6.07) is 7.98. The molecule has 1 saturated heterocycles. The minimum atomic E-state index is 0.795. The average molecular weight is 229 g/mol.